The van der Waals surface area contributed by atoms with Crippen molar-refractivity contribution in [3.63, 3.8) is 0 Å². The minimum atomic E-state index is -5.70. The zero-order valence-corrected chi connectivity index (χ0v) is 73.7. The van der Waals surface area contributed by atoms with E-state index in [0.717, 1.165) is 105 Å². The summed E-state index contributed by atoms with van der Waals surface area (Å²) >= 11 is 0. The van der Waals surface area contributed by atoms with Crippen LogP contribution in [0.4, 0.5) is 0 Å². The molecule has 1 unspecified atom stereocenters. The fourth-order valence-electron chi connectivity index (χ4n) is 15.8. The Morgan fingerprint density at radius 1 is 0.432 bits per heavy atom. The Balaban J connectivity index is 1.49. The lowest BCUT2D eigenvalue weighted by molar-refractivity contribution is -0.350. The molecule has 125 heavy (non-hydrogen) atoms. The van der Waals surface area contributed by atoms with Crippen LogP contribution in [0.15, 0.2) is 12.2 Å². The third-order valence-electron chi connectivity index (χ3n) is 23.0. The van der Waals surface area contributed by atoms with Crippen LogP contribution in [0, 0.1) is 0 Å². The maximum atomic E-state index is 14.1. The molecular formula is C82H147N4O38P. The minimum absolute atomic E-state index is 0.0137. The molecule has 3 saturated heterocycles. The molecule has 4 aliphatic rings. The number of carboxylic acids is 3. The van der Waals surface area contributed by atoms with Gasteiger partial charge in [0.1, 0.15) is 111 Å². The van der Waals surface area contributed by atoms with Crippen LogP contribution in [0.25, 0.3) is 0 Å². The number of carboxylic acid groups (broad SMARTS) is 3. The van der Waals surface area contributed by atoms with Crippen LogP contribution in [-0.4, -0.2) is 363 Å². The Bertz CT molecular complexity index is 3180. The summed E-state index contributed by atoms with van der Waals surface area (Å²) in [5, 5.41) is 209. The quantitative estimate of drug-likeness (QED) is 0.0210. The molecule has 0 aromatic rings. The molecule has 4 amide bonds. The molecule has 0 bridgehead atoms. The van der Waals surface area contributed by atoms with E-state index < -0.39 is 272 Å². The molecule has 1 saturated carbocycles. The van der Waals surface area contributed by atoms with E-state index in [1.807, 2.05) is 0 Å². The second kappa shape index (κ2) is 58.8. The Morgan fingerprint density at radius 2 is 0.760 bits per heavy atom. The number of nitrogens with one attached hydrogen (secondary N) is 4. The number of carbonyl (C=O) groups excluding carboxylic acids is 4. The molecule has 728 valence electrons. The molecule has 3 heterocycles. The van der Waals surface area contributed by atoms with E-state index in [2.05, 4.69) is 35.1 Å². The highest BCUT2D eigenvalue weighted by Crippen LogP contribution is 2.49. The van der Waals surface area contributed by atoms with Crippen molar-refractivity contribution >= 4 is 49.4 Å². The van der Waals surface area contributed by atoms with Crippen molar-refractivity contribution in [3.05, 3.63) is 12.2 Å². The number of carbonyl (C=O) groups is 7. The summed E-state index contributed by atoms with van der Waals surface area (Å²) < 4.78 is 72.7. The van der Waals surface area contributed by atoms with E-state index >= 15 is 0 Å². The first-order valence-corrected chi connectivity index (χ1v) is 45.7. The largest absolute Gasteiger partial charge is 0.477 e. The lowest BCUT2D eigenvalue weighted by Crippen LogP contribution is -2.71. The third-order valence-corrected chi connectivity index (χ3v) is 24.0. The van der Waals surface area contributed by atoms with Crippen molar-refractivity contribution in [3.8, 4) is 0 Å². The minimum Gasteiger partial charge on any atom is -0.477 e. The fraction of sp³-hybridized carbons (Fsp3) is 0.890. The van der Waals surface area contributed by atoms with Gasteiger partial charge in [0, 0.05) is 47.0 Å². The molecule has 4 fully saturated rings. The van der Waals surface area contributed by atoms with Crippen LogP contribution in [0.2, 0.25) is 0 Å². The fourth-order valence-corrected chi connectivity index (χ4v) is 16.8. The van der Waals surface area contributed by atoms with Crippen molar-refractivity contribution in [1.82, 2.24) is 21.3 Å². The van der Waals surface area contributed by atoms with E-state index in [1.165, 1.54) is 109 Å². The van der Waals surface area contributed by atoms with Gasteiger partial charge < -0.3 is 161 Å². The molecule has 42 nitrogen and oxygen atoms in total. The van der Waals surface area contributed by atoms with Crippen LogP contribution in [0.1, 0.15) is 239 Å². The lowest BCUT2D eigenvalue weighted by Gasteiger charge is -2.50. The molecular weight excluding hydrogens is 1680 g/mol. The average Bonchev–Trinajstić information content (AvgIpc) is 0.770. The molecule has 0 aromatic heterocycles. The normalized spacial score (nSPS) is 29.7. The number of hydrogen-bond acceptors (Lipinski definition) is 34. The number of phosphoric ester groups is 1. The van der Waals surface area contributed by atoms with Gasteiger partial charge in [0.25, 0.3) is 17.4 Å². The lowest BCUT2D eigenvalue weighted by atomic mass is 9.84. The maximum absolute atomic E-state index is 14.1. The first kappa shape index (κ1) is 113. The van der Waals surface area contributed by atoms with Gasteiger partial charge in [-0.3, -0.25) is 28.2 Å². The van der Waals surface area contributed by atoms with E-state index in [9.17, 15) is 135 Å². The maximum Gasteiger partial charge on any atom is 0.472 e. The second-order valence-corrected chi connectivity index (χ2v) is 34.6. The molecule has 4 rings (SSSR count). The van der Waals surface area contributed by atoms with Gasteiger partial charge in [0.05, 0.1) is 75.0 Å². The molecule has 1 aliphatic carbocycles. The molecule has 3 aliphatic heterocycles. The van der Waals surface area contributed by atoms with Gasteiger partial charge in [0.2, 0.25) is 23.6 Å². The highest BCUT2D eigenvalue weighted by Gasteiger charge is 2.63. The van der Waals surface area contributed by atoms with Gasteiger partial charge in [-0.05, 0) is 19.3 Å². The summed E-state index contributed by atoms with van der Waals surface area (Å²) in [6.45, 7) is -2.96. The summed E-state index contributed by atoms with van der Waals surface area (Å²) in [6, 6.07) is -7.45. The highest BCUT2D eigenvalue weighted by molar-refractivity contribution is 7.47. The van der Waals surface area contributed by atoms with Crippen molar-refractivity contribution in [1.29, 1.82) is 0 Å². The predicted octanol–water partition coefficient (Wildman–Crippen LogP) is -0.368. The summed E-state index contributed by atoms with van der Waals surface area (Å²) in [6.07, 6.45) is -10.2. The number of ether oxygens (including phenoxy) is 9. The number of hydrogen-bond donors (Lipinski definition) is 23. The molecule has 43 heteroatoms. The number of aliphatic hydroxyl groups excluding tert-OH is 15. The smallest absolute Gasteiger partial charge is 0.472 e. The molecule has 27 atom stereocenters. The van der Waals surface area contributed by atoms with Gasteiger partial charge in [-0.15, -0.1) is 0 Å². The van der Waals surface area contributed by atoms with Crippen molar-refractivity contribution in [2.45, 2.75) is 396 Å². The summed E-state index contributed by atoms with van der Waals surface area (Å²) in [5.41, 5.74) is 0. The van der Waals surface area contributed by atoms with Crippen molar-refractivity contribution in [2.75, 3.05) is 67.6 Å². The summed E-state index contributed by atoms with van der Waals surface area (Å²) in [7, 11) is -2.51. The predicted molar refractivity (Wildman–Crippen MR) is 440 cm³/mol. The number of methoxy groups -OCH3 is 3. The van der Waals surface area contributed by atoms with Crippen LogP contribution in [0.3, 0.4) is 0 Å². The molecule has 0 spiro atoms. The monoisotopic (exact) mass is 1830 g/mol. The van der Waals surface area contributed by atoms with Crippen molar-refractivity contribution < 1.29 is 187 Å². The number of rotatable bonds is 67. The first-order valence-electron chi connectivity index (χ1n) is 44.2. The number of aliphatic hydroxyl groups is 15. The third kappa shape index (κ3) is 37.0. The van der Waals surface area contributed by atoms with Gasteiger partial charge >= 0.3 is 25.7 Å². The number of allylic oxidation sites excluding steroid dienone is 1. The number of amides is 4. The first-order chi connectivity index (χ1) is 59.4. The Morgan fingerprint density at radius 3 is 1.11 bits per heavy atom. The van der Waals surface area contributed by atoms with Gasteiger partial charge in [0.15, 0.2) is 0 Å². The Kier molecular flexibility index (Phi) is 53.0. The second-order valence-electron chi connectivity index (χ2n) is 33.2. The topological polar surface area (TPSA) is 671 Å². The van der Waals surface area contributed by atoms with Crippen LogP contribution in [-0.2, 0) is 89.8 Å². The zero-order valence-electron chi connectivity index (χ0n) is 72.8. The summed E-state index contributed by atoms with van der Waals surface area (Å²) in [4.78, 5) is 105. The molecule has 23 N–H and O–H groups in total. The van der Waals surface area contributed by atoms with Gasteiger partial charge in [-0.1, -0.05) is 206 Å². The average molecular weight is 1830 g/mol. The summed E-state index contributed by atoms with van der Waals surface area (Å²) in [5.74, 6) is -21.2. The van der Waals surface area contributed by atoms with Crippen LogP contribution in [0.5, 0.6) is 0 Å². The van der Waals surface area contributed by atoms with Crippen molar-refractivity contribution in [2.24, 2.45) is 0 Å². The number of unbranched alkanes of at least 4 members (excludes halogenated alkanes) is 29. The van der Waals surface area contributed by atoms with Gasteiger partial charge in [-0.25, -0.2) is 18.9 Å². The highest BCUT2D eigenvalue weighted by atomic mass is 31.2. The van der Waals surface area contributed by atoms with E-state index in [4.69, 9.17) is 51.7 Å². The zero-order chi connectivity index (χ0) is 93.0. The van der Waals surface area contributed by atoms with Crippen LogP contribution >= 0.6 is 7.82 Å². The van der Waals surface area contributed by atoms with Gasteiger partial charge in [-0.2, -0.15) is 0 Å². The molecule has 0 radical (unpaired) electrons. The number of phosphoric acid groups is 1. The van der Waals surface area contributed by atoms with E-state index in [-0.39, 0.29) is 6.42 Å². The van der Waals surface area contributed by atoms with E-state index in [1.54, 1.807) is 6.08 Å². The number of aliphatic carboxylic acids is 3. The SMILES string of the molecule is CCCCCCCCCCC/C=C/[C@@H](O)[C@H](COP(=O)(O)O[C@H]1[C@H](O)[C@H](O[C@]2(C(=O)O)C[C@H](O)[C@@H](NC(=O)CO[C@]3(C(=O)O)C[C@H](O)[C@@H](NC(=O)CO[C@]4(C(=O)O)C[C@H](O)[C@@H](NC(=O)CO)[C@H]([C@H](O)[C@H](O)COC)O4)[C@H]([C@H](O)[C@H](O)COC)O3)[C@H]([C@H](O)[C@H](O)COC)O2)[C@@H](O)[C@H](O)[C@H]1O)NC(=O)CCCCCCCCCCCCCCCCCCCCCCC. The standard InChI is InChI=1S/C82H147N4O38P/c1-6-8-10-12-14-16-18-19-20-21-22-23-24-25-26-27-29-31-33-35-37-39-58(95)83-50(51(88)38-36-34-32-30-28-17-15-13-11-9-7-2)44-119-125(112,113)124-76-70(104)68(102)69(103)75(71(76)105)123-82(79(110)111)42-54(91)64(74(122-82)67(101)57(94)47-116-5)86-61(98)49-118-81(78(108)109)41-53(90)63(73(121-81)66(100)56(93)46-115-4)85-60(97)48-117-80(77(106)107)40-52(89)62(84-59(96)43-87)72(120-80)65(99)55(92)45-114-3/h36,38,50-57,62-76,87-94,99-105H,6-35,37,39-49H2,1-5H3,(H,83,95)(H,84,96)(H,85,97)(H,86,98)(H,106,107)(H,108,109)(H,110,111)(H,112,113)/b38-36+/t50-,51+,52-,53-,54-,55+,56+,57+,62+,63+,64+,65+,66+,67+,68-,69-,70+,71+,72+,73+,74+,75+,76+,80+,81+,82-/m0/s1. The Hall–Kier alpha value is -4.82. The Labute approximate surface area is 730 Å². The van der Waals surface area contributed by atoms with Crippen LogP contribution < -0.4 is 21.3 Å². The van der Waals surface area contributed by atoms with E-state index in [0.29, 0.717) is 12.8 Å². The molecule has 0 aromatic carbocycles.